The molecule has 0 spiro atoms. The monoisotopic (exact) mass is 654 g/mol. The zero-order chi connectivity index (χ0) is 33.1. The van der Waals surface area contributed by atoms with Crippen molar-refractivity contribution in [3.63, 3.8) is 0 Å². The number of rotatable bonds is 7. The van der Waals surface area contributed by atoms with Gasteiger partial charge in [-0.05, 0) is 42.3 Å². The highest BCUT2D eigenvalue weighted by Crippen LogP contribution is 2.42. The summed E-state index contributed by atoms with van der Waals surface area (Å²) in [5, 5.41) is 10.1. The molecule has 0 radical (unpaired) electrons. The molecule has 0 aliphatic carbocycles. The largest absolute Gasteiger partial charge is 0.437 e. The Balaban J connectivity index is 1.59. The first-order valence-corrected chi connectivity index (χ1v) is 15.7. The molecular formula is C31H26F4N6O4S. The van der Waals surface area contributed by atoms with Crippen LogP contribution in [0.4, 0.5) is 29.1 Å². The van der Waals surface area contributed by atoms with Gasteiger partial charge in [0.15, 0.2) is 0 Å². The van der Waals surface area contributed by atoms with Crippen LogP contribution in [0.25, 0.3) is 44.5 Å². The maximum absolute atomic E-state index is 14.7. The van der Waals surface area contributed by atoms with Crippen LogP contribution in [0.2, 0.25) is 0 Å². The number of nitrogens with zero attached hydrogens (tertiary/aromatic N) is 4. The summed E-state index contributed by atoms with van der Waals surface area (Å²) in [6.45, 7) is 0.602. The number of aryl methyl sites for hydroxylation is 2. The Morgan fingerprint density at radius 3 is 2.63 bits per heavy atom. The van der Waals surface area contributed by atoms with E-state index in [0.717, 1.165) is 16.1 Å². The fourth-order valence-electron chi connectivity index (χ4n) is 5.55. The highest BCUT2D eigenvalue weighted by molar-refractivity contribution is 7.92. The van der Waals surface area contributed by atoms with Crippen molar-refractivity contribution in [3.05, 3.63) is 65.5 Å². The summed E-state index contributed by atoms with van der Waals surface area (Å²) in [7, 11) is -1.21. The fourth-order valence-corrected chi connectivity index (χ4v) is 6.06. The molecule has 2 aromatic carbocycles. The second kappa shape index (κ2) is 11.1. The molecule has 5 aromatic rings. The van der Waals surface area contributed by atoms with Crippen molar-refractivity contribution >= 4 is 61.8 Å². The van der Waals surface area contributed by atoms with E-state index in [-0.39, 0.29) is 39.8 Å². The standard InChI is InChI=1S/C31H26F4N6O4S/c1-37-29(42)27-20-11-19(22-8-7-16-9-10-41-23-6-4-5-21(32)18(23)12-25(41)28(16)39-22)24(40(2)46(3,43)44)13-26(20)45-30(27)38-15-17(14-36)31(33,34)35/h4-8,11-15,17,36H,9-10H2,1-3H3,(H,37,42). The number of halogens is 4. The first-order valence-electron chi connectivity index (χ1n) is 13.9. The fraction of sp³-hybridized carbons (Fsp3) is 0.226. The third-order valence-corrected chi connectivity index (χ3v) is 9.17. The average Bonchev–Trinajstić information content (AvgIpc) is 3.57. The van der Waals surface area contributed by atoms with Gasteiger partial charge in [0.05, 0.1) is 34.5 Å². The summed E-state index contributed by atoms with van der Waals surface area (Å²) in [5.41, 5.74) is 3.36. The Hall–Kier alpha value is -5.05. The van der Waals surface area contributed by atoms with Crippen LogP contribution in [0.5, 0.6) is 0 Å². The molecule has 0 bridgehead atoms. The van der Waals surface area contributed by atoms with E-state index in [0.29, 0.717) is 47.2 Å². The molecule has 10 nitrogen and oxygen atoms in total. The lowest BCUT2D eigenvalue weighted by Crippen LogP contribution is -2.25. The summed E-state index contributed by atoms with van der Waals surface area (Å²) in [6.07, 6.45) is -2.56. The van der Waals surface area contributed by atoms with Crippen molar-refractivity contribution in [2.75, 3.05) is 24.7 Å². The second-order valence-corrected chi connectivity index (χ2v) is 12.8. The van der Waals surface area contributed by atoms with Crippen molar-refractivity contribution in [1.82, 2.24) is 14.9 Å². The number of furan rings is 1. The molecule has 6 rings (SSSR count). The normalized spacial score (nSPS) is 14.0. The van der Waals surface area contributed by atoms with Gasteiger partial charge in [-0.3, -0.25) is 9.10 Å². The minimum atomic E-state index is -4.79. The van der Waals surface area contributed by atoms with Gasteiger partial charge in [-0.1, -0.05) is 12.1 Å². The summed E-state index contributed by atoms with van der Waals surface area (Å²) < 4.78 is 88.7. The molecule has 1 amide bonds. The number of benzene rings is 2. The molecule has 1 aliphatic heterocycles. The zero-order valence-corrected chi connectivity index (χ0v) is 25.4. The number of hydrogen-bond donors (Lipinski definition) is 2. The van der Waals surface area contributed by atoms with Crippen LogP contribution in [-0.2, 0) is 23.0 Å². The smallest absolute Gasteiger partial charge is 0.401 e. The van der Waals surface area contributed by atoms with Gasteiger partial charge in [0.2, 0.25) is 15.9 Å². The predicted octanol–water partition coefficient (Wildman–Crippen LogP) is 6.10. The lowest BCUT2D eigenvalue weighted by Gasteiger charge is -2.22. The van der Waals surface area contributed by atoms with E-state index < -0.39 is 33.9 Å². The van der Waals surface area contributed by atoms with E-state index in [9.17, 15) is 30.8 Å². The van der Waals surface area contributed by atoms with E-state index in [4.69, 9.17) is 14.8 Å². The van der Waals surface area contributed by atoms with Gasteiger partial charge in [-0.2, -0.15) is 13.2 Å². The summed E-state index contributed by atoms with van der Waals surface area (Å²) in [5.74, 6) is -3.88. The maximum Gasteiger partial charge on any atom is 0.401 e. The van der Waals surface area contributed by atoms with E-state index in [1.807, 2.05) is 16.7 Å². The zero-order valence-electron chi connectivity index (χ0n) is 24.6. The average molecular weight is 655 g/mol. The molecule has 1 unspecified atom stereocenters. The highest BCUT2D eigenvalue weighted by Gasteiger charge is 2.37. The van der Waals surface area contributed by atoms with E-state index in [1.165, 1.54) is 32.3 Å². The molecule has 0 saturated carbocycles. The van der Waals surface area contributed by atoms with Crippen LogP contribution in [0.15, 0.2) is 57.9 Å². The van der Waals surface area contributed by atoms with Crippen LogP contribution in [0, 0.1) is 17.1 Å². The molecule has 2 N–H and O–H groups in total. The molecule has 238 valence electrons. The van der Waals surface area contributed by atoms with Crippen LogP contribution in [0.1, 0.15) is 15.9 Å². The molecule has 0 saturated heterocycles. The predicted molar refractivity (Wildman–Crippen MR) is 167 cm³/mol. The van der Waals surface area contributed by atoms with E-state index in [2.05, 4.69) is 10.3 Å². The lowest BCUT2D eigenvalue weighted by molar-refractivity contribution is -0.136. The molecule has 46 heavy (non-hydrogen) atoms. The lowest BCUT2D eigenvalue weighted by atomic mass is 9.99. The number of aromatic nitrogens is 2. The minimum Gasteiger partial charge on any atom is -0.437 e. The number of nitrogens with one attached hydrogen (secondary N) is 2. The van der Waals surface area contributed by atoms with E-state index in [1.54, 1.807) is 18.2 Å². The van der Waals surface area contributed by atoms with Crippen molar-refractivity contribution in [2.45, 2.75) is 19.1 Å². The Labute approximate surface area is 259 Å². The molecule has 1 aliphatic rings. The number of fused-ring (bicyclic) bond motifs is 6. The molecule has 1 atom stereocenters. The van der Waals surface area contributed by atoms with Gasteiger partial charge in [0, 0.05) is 55.5 Å². The molecule has 4 heterocycles. The number of sulfonamides is 1. The summed E-state index contributed by atoms with van der Waals surface area (Å²) in [6, 6.07) is 12.9. The van der Waals surface area contributed by atoms with Crippen LogP contribution < -0.4 is 9.62 Å². The van der Waals surface area contributed by atoms with Gasteiger partial charge in [-0.15, -0.1) is 0 Å². The summed E-state index contributed by atoms with van der Waals surface area (Å²) in [4.78, 5) is 21.7. The summed E-state index contributed by atoms with van der Waals surface area (Å²) >= 11 is 0. The first-order chi connectivity index (χ1) is 21.7. The van der Waals surface area contributed by atoms with Gasteiger partial charge < -0.3 is 19.7 Å². The SMILES string of the molecule is CNC(=O)c1c(N=CC(C=N)C(F)(F)F)oc2cc(N(C)S(C)(=O)=O)c(-c3ccc4c(n3)-c3cc5c(F)cccc5n3CC4)cc12. The Morgan fingerprint density at radius 2 is 1.96 bits per heavy atom. The number of pyridine rings is 1. The van der Waals surface area contributed by atoms with Crippen molar-refractivity contribution in [1.29, 1.82) is 5.41 Å². The highest BCUT2D eigenvalue weighted by atomic mass is 32.2. The topological polar surface area (TPSA) is 134 Å². The van der Waals surface area contributed by atoms with Crippen molar-refractivity contribution in [2.24, 2.45) is 10.9 Å². The van der Waals surface area contributed by atoms with E-state index >= 15 is 0 Å². The number of alkyl halides is 3. The van der Waals surface area contributed by atoms with Gasteiger partial charge >= 0.3 is 6.18 Å². The van der Waals surface area contributed by atoms with Crippen LogP contribution >= 0.6 is 0 Å². The van der Waals surface area contributed by atoms with Gasteiger partial charge in [0.1, 0.15) is 22.9 Å². The quantitative estimate of drug-likeness (QED) is 0.162. The second-order valence-electron chi connectivity index (χ2n) is 10.8. The Bertz CT molecular complexity index is 2200. The number of amides is 1. The van der Waals surface area contributed by atoms with Crippen molar-refractivity contribution in [3.8, 4) is 22.6 Å². The minimum absolute atomic E-state index is 0.0213. The first kappa shape index (κ1) is 31.0. The Morgan fingerprint density at radius 1 is 1.20 bits per heavy atom. The van der Waals surface area contributed by atoms with Crippen LogP contribution in [-0.4, -0.2) is 62.8 Å². The van der Waals surface area contributed by atoms with Gasteiger partial charge in [-0.25, -0.2) is 22.8 Å². The molecular weight excluding hydrogens is 628 g/mol. The number of aliphatic imine (C=N–C) groups is 1. The third-order valence-electron chi connectivity index (χ3n) is 7.98. The number of anilines is 1. The third kappa shape index (κ3) is 5.19. The molecule has 0 fully saturated rings. The molecule has 3 aromatic heterocycles. The maximum atomic E-state index is 14.7. The number of carbonyl (C=O) groups excluding carboxylic acids is 1. The Kier molecular flexibility index (Phi) is 7.46. The van der Waals surface area contributed by atoms with Gasteiger partial charge in [0.25, 0.3) is 5.91 Å². The van der Waals surface area contributed by atoms with Crippen molar-refractivity contribution < 1.29 is 35.2 Å². The number of carbonyl (C=O) groups is 1. The molecule has 15 heteroatoms. The van der Waals surface area contributed by atoms with Crippen LogP contribution in [0.3, 0.4) is 0 Å². The number of hydrogen-bond acceptors (Lipinski definition) is 7.